The average Bonchev–Trinajstić information content (AvgIpc) is 2.82. The van der Waals surface area contributed by atoms with Crippen molar-refractivity contribution >= 4 is 28.0 Å². The number of ether oxygens (including phenoxy) is 3. The molecule has 0 radical (unpaired) electrons. The van der Waals surface area contributed by atoms with Gasteiger partial charge in [0.1, 0.15) is 6.61 Å². The number of rotatable bonds is 5. The molecule has 1 aliphatic heterocycles. The van der Waals surface area contributed by atoms with Crippen LogP contribution >= 0.6 is 15.9 Å². The highest BCUT2D eigenvalue weighted by atomic mass is 79.9. The van der Waals surface area contributed by atoms with Crippen molar-refractivity contribution in [1.82, 2.24) is 5.32 Å². The summed E-state index contributed by atoms with van der Waals surface area (Å²) >= 11 is 3.24. The summed E-state index contributed by atoms with van der Waals surface area (Å²) in [6.45, 7) is 0.506. The van der Waals surface area contributed by atoms with Crippen LogP contribution in [-0.4, -0.2) is 43.5 Å². The number of carbonyl (C=O) groups is 2. The first-order chi connectivity index (χ1) is 9.51. The molecule has 2 N–H and O–H groups in total. The van der Waals surface area contributed by atoms with Gasteiger partial charge in [-0.25, -0.2) is 9.59 Å². The van der Waals surface area contributed by atoms with Crippen molar-refractivity contribution in [2.45, 2.75) is 6.10 Å². The van der Waals surface area contributed by atoms with E-state index in [9.17, 15) is 9.59 Å². The van der Waals surface area contributed by atoms with Gasteiger partial charge in [0, 0.05) is 0 Å². The number of cyclic esters (lactones) is 1. The SMILES string of the molecule is COc1cc(C(=O)O)cc(Br)c1OCC1CNC(=O)O1. The number of nitrogens with one attached hydrogen (secondary N) is 1. The Bertz CT molecular complexity index is 547. The first-order valence-electron chi connectivity index (χ1n) is 5.69. The summed E-state index contributed by atoms with van der Waals surface area (Å²) in [5.74, 6) is -0.418. The van der Waals surface area contributed by atoms with Crippen LogP contribution in [-0.2, 0) is 4.74 Å². The third-order valence-electron chi connectivity index (χ3n) is 2.64. The zero-order chi connectivity index (χ0) is 14.7. The van der Waals surface area contributed by atoms with E-state index in [0.717, 1.165) is 0 Å². The van der Waals surface area contributed by atoms with E-state index in [-0.39, 0.29) is 17.9 Å². The summed E-state index contributed by atoms with van der Waals surface area (Å²) in [6, 6.07) is 2.78. The highest BCUT2D eigenvalue weighted by molar-refractivity contribution is 9.10. The Morgan fingerprint density at radius 3 is 2.90 bits per heavy atom. The highest BCUT2D eigenvalue weighted by Crippen LogP contribution is 2.36. The second-order valence-corrected chi connectivity index (χ2v) is 4.87. The van der Waals surface area contributed by atoms with Gasteiger partial charge in [-0.05, 0) is 28.1 Å². The van der Waals surface area contributed by atoms with Gasteiger partial charge >= 0.3 is 12.1 Å². The van der Waals surface area contributed by atoms with E-state index in [1.807, 2.05) is 0 Å². The van der Waals surface area contributed by atoms with Gasteiger partial charge in [-0.15, -0.1) is 0 Å². The lowest BCUT2D eigenvalue weighted by atomic mass is 10.2. The van der Waals surface area contributed by atoms with E-state index in [2.05, 4.69) is 21.2 Å². The minimum Gasteiger partial charge on any atom is -0.493 e. The van der Waals surface area contributed by atoms with Gasteiger partial charge in [0.05, 0.1) is 23.7 Å². The molecule has 0 aliphatic carbocycles. The van der Waals surface area contributed by atoms with Gasteiger partial charge in [-0.2, -0.15) is 0 Å². The van der Waals surface area contributed by atoms with Crippen LogP contribution in [0.3, 0.4) is 0 Å². The molecule has 1 unspecified atom stereocenters. The van der Waals surface area contributed by atoms with Gasteiger partial charge < -0.3 is 24.6 Å². The number of halogens is 1. The summed E-state index contributed by atoms with van der Waals surface area (Å²) in [6.07, 6.45) is -0.871. The maximum Gasteiger partial charge on any atom is 0.407 e. The van der Waals surface area contributed by atoms with E-state index in [1.54, 1.807) is 0 Å². The predicted octanol–water partition coefficient (Wildman–Crippen LogP) is 1.64. The molecule has 1 atom stereocenters. The predicted molar refractivity (Wildman–Crippen MR) is 71.4 cm³/mol. The molecule has 1 fully saturated rings. The summed E-state index contributed by atoms with van der Waals surface area (Å²) in [7, 11) is 1.41. The van der Waals surface area contributed by atoms with Crippen molar-refractivity contribution < 1.29 is 28.9 Å². The molecule has 0 aromatic heterocycles. The minimum absolute atomic E-state index is 0.0787. The number of carboxylic acid groups (broad SMARTS) is 1. The number of methoxy groups -OCH3 is 1. The number of hydrogen-bond acceptors (Lipinski definition) is 5. The van der Waals surface area contributed by atoms with Crippen molar-refractivity contribution in [3.05, 3.63) is 22.2 Å². The molecular formula is C12H12BrNO6. The monoisotopic (exact) mass is 345 g/mol. The van der Waals surface area contributed by atoms with Crippen LogP contribution in [0.15, 0.2) is 16.6 Å². The summed E-state index contributed by atoms with van der Waals surface area (Å²) in [5, 5.41) is 11.5. The van der Waals surface area contributed by atoms with Crippen molar-refractivity contribution in [3.63, 3.8) is 0 Å². The Hall–Kier alpha value is -1.96. The molecule has 0 saturated carbocycles. The smallest absolute Gasteiger partial charge is 0.407 e. The van der Waals surface area contributed by atoms with Crippen LogP contribution in [0.1, 0.15) is 10.4 Å². The molecule has 20 heavy (non-hydrogen) atoms. The van der Waals surface area contributed by atoms with Gasteiger partial charge in [-0.1, -0.05) is 0 Å². The molecule has 1 aromatic carbocycles. The van der Waals surface area contributed by atoms with Crippen LogP contribution in [0.2, 0.25) is 0 Å². The second kappa shape index (κ2) is 6.00. The van der Waals surface area contributed by atoms with E-state index >= 15 is 0 Å². The lowest BCUT2D eigenvalue weighted by Crippen LogP contribution is -2.22. The molecule has 1 amide bonds. The third-order valence-corrected chi connectivity index (χ3v) is 3.23. The number of benzene rings is 1. The van der Waals surface area contributed by atoms with Crippen molar-refractivity contribution in [1.29, 1.82) is 0 Å². The van der Waals surface area contributed by atoms with Crippen molar-refractivity contribution in [2.24, 2.45) is 0 Å². The third kappa shape index (κ3) is 3.13. The van der Waals surface area contributed by atoms with E-state index in [1.165, 1.54) is 19.2 Å². The quantitative estimate of drug-likeness (QED) is 0.842. The lowest BCUT2D eigenvalue weighted by Gasteiger charge is -2.15. The summed E-state index contributed by atoms with van der Waals surface area (Å²) in [5.41, 5.74) is 0.0787. The molecule has 1 aliphatic rings. The molecule has 1 aromatic rings. The minimum atomic E-state index is -1.07. The lowest BCUT2D eigenvalue weighted by molar-refractivity contribution is 0.0695. The Morgan fingerprint density at radius 2 is 2.35 bits per heavy atom. The number of alkyl carbamates (subject to hydrolysis) is 1. The van der Waals surface area contributed by atoms with E-state index in [0.29, 0.717) is 16.8 Å². The van der Waals surface area contributed by atoms with E-state index in [4.69, 9.17) is 19.3 Å². The van der Waals surface area contributed by atoms with Gasteiger partial charge in [0.2, 0.25) is 0 Å². The molecule has 2 rings (SSSR count). The Kier molecular flexibility index (Phi) is 4.33. The first kappa shape index (κ1) is 14.4. The average molecular weight is 346 g/mol. The molecule has 0 spiro atoms. The fourth-order valence-corrected chi connectivity index (χ4v) is 2.24. The van der Waals surface area contributed by atoms with Crippen LogP contribution in [0.25, 0.3) is 0 Å². The van der Waals surface area contributed by atoms with Gasteiger partial charge in [-0.3, -0.25) is 0 Å². The standard InChI is InChI=1S/C12H12BrNO6/c1-18-9-3-6(11(15)16)2-8(13)10(9)19-5-7-4-14-12(17)20-7/h2-3,7H,4-5H2,1H3,(H,14,17)(H,15,16). The largest absolute Gasteiger partial charge is 0.493 e. The molecule has 8 heteroatoms. The zero-order valence-corrected chi connectivity index (χ0v) is 12.1. The molecule has 108 valence electrons. The molecule has 1 heterocycles. The van der Waals surface area contributed by atoms with Crippen LogP contribution < -0.4 is 14.8 Å². The van der Waals surface area contributed by atoms with Crippen LogP contribution in [0, 0.1) is 0 Å². The van der Waals surface area contributed by atoms with Crippen LogP contribution in [0.4, 0.5) is 4.79 Å². The molecule has 0 bridgehead atoms. The van der Waals surface area contributed by atoms with Gasteiger partial charge in [0.15, 0.2) is 17.6 Å². The number of carboxylic acids is 1. The molecule has 1 saturated heterocycles. The summed E-state index contributed by atoms with van der Waals surface area (Å²) < 4.78 is 16.0. The topological polar surface area (TPSA) is 94.1 Å². The van der Waals surface area contributed by atoms with Crippen molar-refractivity contribution in [3.8, 4) is 11.5 Å². The number of carbonyl (C=O) groups excluding carboxylic acids is 1. The fourth-order valence-electron chi connectivity index (χ4n) is 1.68. The zero-order valence-electron chi connectivity index (χ0n) is 10.5. The van der Waals surface area contributed by atoms with Gasteiger partial charge in [0.25, 0.3) is 0 Å². The molecular weight excluding hydrogens is 334 g/mol. The van der Waals surface area contributed by atoms with Crippen molar-refractivity contribution in [2.75, 3.05) is 20.3 Å². The maximum absolute atomic E-state index is 11.0. The second-order valence-electron chi connectivity index (χ2n) is 4.01. The number of hydrogen-bond donors (Lipinski definition) is 2. The first-order valence-corrected chi connectivity index (χ1v) is 6.48. The fraction of sp³-hybridized carbons (Fsp3) is 0.333. The maximum atomic E-state index is 11.0. The normalized spacial score (nSPS) is 17.3. The Labute approximate surface area is 122 Å². The van der Waals surface area contributed by atoms with E-state index < -0.39 is 18.2 Å². The molecule has 7 nitrogen and oxygen atoms in total. The Balaban J connectivity index is 2.14. The number of amides is 1. The Morgan fingerprint density at radius 1 is 1.60 bits per heavy atom. The number of aromatic carboxylic acids is 1. The van der Waals surface area contributed by atoms with Crippen LogP contribution in [0.5, 0.6) is 11.5 Å². The highest BCUT2D eigenvalue weighted by Gasteiger charge is 2.24. The summed E-state index contributed by atoms with van der Waals surface area (Å²) in [4.78, 5) is 21.8.